The highest BCUT2D eigenvalue weighted by Gasteiger charge is 2.36. The van der Waals surface area contributed by atoms with Gasteiger partial charge in [0.2, 0.25) is 5.91 Å². The SMILES string of the molecule is Cc1cc(NC(=O)C(=O)N2CC(C)CC2c2ccccc2)ccc1N1CCCC1=O. The average molecular weight is 405 g/mol. The standard InChI is InChI=1S/C24H27N3O3/c1-16-13-21(18-7-4-3-5-8-18)27(15-16)24(30)23(29)25-19-10-11-20(17(2)14-19)26-12-6-9-22(26)28/h3-5,7-8,10-11,14,16,21H,6,9,12-13,15H2,1-2H3,(H,25,29). The van der Waals surface area contributed by atoms with Crippen molar-refractivity contribution < 1.29 is 14.4 Å². The number of hydrogen-bond donors (Lipinski definition) is 1. The number of carbonyl (C=O) groups excluding carboxylic acids is 3. The van der Waals surface area contributed by atoms with E-state index >= 15 is 0 Å². The number of hydrogen-bond acceptors (Lipinski definition) is 3. The van der Waals surface area contributed by atoms with Crippen LogP contribution in [0.5, 0.6) is 0 Å². The lowest BCUT2D eigenvalue weighted by Gasteiger charge is -2.24. The second-order valence-corrected chi connectivity index (χ2v) is 8.33. The quantitative estimate of drug-likeness (QED) is 0.792. The van der Waals surface area contributed by atoms with Crippen LogP contribution < -0.4 is 10.2 Å². The Kier molecular flexibility index (Phi) is 5.57. The maximum absolute atomic E-state index is 12.9. The molecule has 0 aliphatic carbocycles. The highest BCUT2D eigenvalue weighted by atomic mass is 16.2. The van der Waals surface area contributed by atoms with Crippen LogP contribution in [0.4, 0.5) is 11.4 Å². The maximum Gasteiger partial charge on any atom is 0.313 e. The molecule has 30 heavy (non-hydrogen) atoms. The van der Waals surface area contributed by atoms with Gasteiger partial charge in [0.1, 0.15) is 0 Å². The Morgan fingerprint density at radius 3 is 2.53 bits per heavy atom. The summed E-state index contributed by atoms with van der Waals surface area (Å²) in [4.78, 5) is 41.1. The summed E-state index contributed by atoms with van der Waals surface area (Å²) in [7, 11) is 0. The Balaban J connectivity index is 1.47. The van der Waals surface area contributed by atoms with Crippen molar-refractivity contribution in [3.05, 3.63) is 59.7 Å². The molecule has 2 heterocycles. The Bertz CT molecular complexity index is 973. The van der Waals surface area contributed by atoms with E-state index in [4.69, 9.17) is 0 Å². The number of likely N-dealkylation sites (tertiary alicyclic amines) is 1. The summed E-state index contributed by atoms with van der Waals surface area (Å²) >= 11 is 0. The summed E-state index contributed by atoms with van der Waals surface area (Å²) in [5.74, 6) is -0.675. The molecule has 0 spiro atoms. The smallest absolute Gasteiger partial charge is 0.313 e. The van der Waals surface area contributed by atoms with Gasteiger partial charge in [-0.1, -0.05) is 37.3 Å². The molecule has 1 N–H and O–H groups in total. The fraction of sp³-hybridized carbons (Fsp3) is 0.375. The van der Waals surface area contributed by atoms with Crippen LogP contribution in [0.2, 0.25) is 0 Å². The van der Waals surface area contributed by atoms with Crippen LogP contribution >= 0.6 is 0 Å². The van der Waals surface area contributed by atoms with Gasteiger partial charge in [0.05, 0.1) is 6.04 Å². The van der Waals surface area contributed by atoms with E-state index in [1.165, 1.54) is 0 Å². The molecule has 2 aromatic rings. The molecular weight excluding hydrogens is 378 g/mol. The summed E-state index contributed by atoms with van der Waals surface area (Å²) in [6, 6.07) is 15.2. The summed E-state index contributed by atoms with van der Waals surface area (Å²) in [5, 5.41) is 2.74. The molecule has 156 valence electrons. The van der Waals surface area contributed by atoms with Crippen LogP contribution in [0.25, 0.3) is 0 Å². The van der Waals surface area contributed by atoms with Crippen molar-refractivity contribution in [3.8, 4) is 0 Å². The number of nitrogens with one attached hydrogen (secondary N) is 1. The van der Waals surface area contributed by atoms with Crippen LogP contribution in [-0.2, 0) is 14.4 Å². The van der Waals surface area contributed by atoms with E-state index in [9.17, 15) is 14.4 Å². The second kappa shape index (κ2) is 8.30. The zero-order valence-corrected chi connectivity index (χ0v) is 17.4. The van der Waals surface area contributed by atoms with Crippen molar-refractivity contribution >= 4 is 29.1 Å². The number of amides is 3. The van der Waals surface area contributed by atoms with Crippen molar-refractivity contribution in [1.82, 2.24) is 4.90 Å². The van der Waals surface area contributed by atoms with Crippen molar-refractivity contribution in [2.24, 2.45) is 5.92 Å². The molecule has 2 aliphatic heterocycles. The zero-order valence-electron chi connectivity index (χ0n) is 17.4. The lowest BCUT2D eigenvalue weighted by Crippen LogP contribution is -2.39. The second-order valence-electron chi connectivity index (χ2n) is 8.33. The van der Waals surface area contributed by atoms with E-state index in [0.29, 0.717) is 24.6 Å². The normalized spacial score (nSPS) is 21.2. The van der Waals surface area contributed by atoms with E-state index in [1.54, 1.807) is 15.9 Å². The molecule has 6 nitrogen and oxygen atoms in total. The Morgan fingerprint density at radius 2 is 1.87 bits per heavy atom. The van der Waals surface area contributed by atoms with Gasteiger partial charge in [-0.3, -0.25) is 14.4 Å². The fourth-order valence-corrected chi connectivity index (χ4v) is 4.52. The van der Waals surface area contributed by atoms with Gasteiger partial charge in [0.25, 0.3) is 0 Å². The number of carbonyl (C=O) groups is 3. The summed E-state index contributed by atoms with van der Waals surface area (Å²) < 4.78 is 0. The highest BCUT2D eigenvalue weighted by Crippen LogP contribution is 2.35. The molecule has 2 fully saturated rings. The zero-order chi connectivity index (χ0) is 21.3. The van der Waals surface area contributed by atoms with Crippen LogP contribution in [0, 0.1) is 12.8 Å². The molecule has 0 saturated carbocycles. The van der Waals surface area contributed by atoms with Crippen molar-refractivity contribution in [2.75, 3.05) is 23.3 Å². The monoisotopic (exact) mass is 405 g/mol. The largest absolute Gasteiger partial charge is 0.327 e. The van der Waals surface area contributed by atoms with Crippen LogP contribution in [0.15, 0.2) is 48.5 Å². The Hall–Kier alpha value is -3.15. The molecule has 2 atom stereocenters. The third-order valence-electron chi connectivity index (χ3n) is 5.97. The minimum atomic E-state index is -0.630. The van der Waals surface area contributed by atoms with E-state index in [-0.39, 0.29) is 11.9 Å². The first-order chi connectivity index (χ1) is 14.4. The molecule has 6 heteroatoms. The Morgan fingerprint density at radius 1 is 1.10 bits per heavy atom. The minimum Gasteiger partial charge on any atom is -0.327 e. The van der Waals surface area contributed by atoms with Crippen LogP contribution in [0.3, 0.4) is 0 Å². The van der Waals surface area contributed by atoms with Gasteiger partial charge in [-0.05, 0) is 55.0 Å². The molecule has 2 unspecified atom stereocenters. The molecule has 4 rings (SSSR count). The summed E-state index contributed by atoms with van der Waals surface area (Å²) in [6.45, 7) is 5.30. The summed E-state index contributed by atoms with van der Waals surface area (Å²) in [6.07, 6.45) is 2.28. The van der Waals surface area contributed by atoms with Crippen molar-refractivity contribution in [1.29, 1.82) is 0 Å². The van der Waals surface area contributed by atoms with Gasteiger partial charge >= 0.3 is 11.8 Å². The van der Waals surface area contributed by atoms with Gasteiger partial charge in [-0.25, -0.2) is 0 Å². The predicted molar refractivity (Wildman–Crippen MR) is 116 cm³/mol. The first-order valence-electron chi connectivity index (χ1n) is 10.5. The number of aryl methyl sites for hydroxylation is 1. The maximum atomic E-state index is 12.9. The van der Waals surface area contributed by atoms with Gasteiger partial charge in [0, 0.05) is 30.9 Å². The van der Waals surface area contributed by atoms with Crippen molar-refractivity contribution in [3.63, 3.8) is 0 Å². The van der Waals surface area contributed by atoms with E-state index < -0.39 is 11.8 Å². The first kappa shape index (κ1) is 20.1. The third-order valence-corrected chi connectivity index (χ3v) is 5.97. The van der Waals surface area contributed by atoms with Crippen LogP contribution in [-0.4, -0.2) is 35.7 Å². The van der Waals surface area contributed by atoms with Gasteiger partial charge < -0.3 is 15.1 Å². The number of nitrogens with zero attached hydrogens (tertiary/aromatic N) is 2. The molecule has 2 saturated heterocycles. The van der Waals surface area contributed by atoms with E-state index in [1.807, 2.05) is 49.4 Å². The molecule has 2 aliphatic rings. The molecule has 3 amide bonds. The highest BCUT2D eigenvalue weighted by molar-refractivity contribution is 6.39. The molecule has 2 aromatic carbocycles. The topological polar surface area (TPSA) is 69.7 Å². The molecular formula is C24H27N3O3. The fourth-order valence-electron chi connectivity index (χ4n) is 4.52. The Labute approximate surface area is 176 Å². The first-order valence-corrected chi connectivity index (χ1v) is 10.5. The van der Waals surface area contributed by atoms with E-state index in [0.717, 1.165) is 36.2 Å². The third kappa shape index (κ3) is 3.95. The number of rotatable bonds is 3. The predicted octanol–water partition coefficient (Wildman–Crippen LogP) is 3.67. The van der Waals surface area contributed by atoms with Gasteiger partial charge in [-0.15, -0.1) is 0 Å². The lowest BCUT2D eigenvalue weighted by atomic mass is 10.0. The van der Waals surface area contributed by atoms with Crippen molar-refractivity contribution in [2.45, 2.75) is 39.2 Å². The average Bonchev–Trinajstić information content (AvgIpc) is 3.34. The number of anilines is 2. The molecule has 0 bridgehead atoms. The number of benzene rings is 2. The minimum absolute atomic E-state index is 0.0789. The van der Waals surface area contributed by atoms with Gasteiger partial charge in [0.15, 0.2) is 0 Å². The molecule has 0 radical (unpaired) electrons. The van der Waals surface area contributed by atoms with E-state index in [2.05, 4.69) is 12.2 Å². The summed E-state index contributed by atoms with van der Waals surface area (Å²) in [5.41, 5.74) is 3.37. The van der Waals surface area contributed by atoms with Crippen LogP contribution in [0.1, 0.15) is 43.4 Å². The lowest BCUT2D eigenvalue weighted by molar-refractivity contribution is -0.143. The van der Waals surface area contributed by atoms with Gasteiger partial charge in [-0.2, -0.15) is 0 Å². The molecule has 0 aromatic heterocycles.